The highest BCUT2D eigenvalue weighted by Crippen LogP contribution is 2.23. The largest absolute Gasteiger partial charge is 0.351 e. The summed E-state index contributed by atoms with van der Waals surface area (Å²) in [5.74, 6) is -0.406. The molecule has 0 unspecified atom stereocenters. The molecule has 0 saturated carbocycles. The van der Waals surface area contributed by atoms with Crippen molar-refractivity contribution in [2.45, 2.75) is 12.3 Å². The lowest BCUT2D eigenvalue weighted by molar-refractivity contribution is -0.118. The van der Waals surface area contributed by atoms with E-state index in [0.29, 0.717) is 21.9 Å². The molecule has 0 saturated heterocycles. The van der Waals surface area contributed by atoms with Gasteiger partial charge in [-0.25, -0.2) is 8.78 Å². The second-order valence-electron chi connectivity index (χ2n) is 4.60. The molecule has 0 spiro atoms. The van der Waals surface area contributed by atoms with Crippen LogP contribution in [0.2, 0.25) is 5.02 Å². The van der Waals surface area contributed by atoms with Gasteiger partial charge in [-0.15, -0.1) is 11.8 Å². The minimum atomic E-state index is -0.375. The lowest BCUT2D eigenvalue weighted by Crippen LogP contribution is -2.24. The van der Waals surface area contributed by atoms with Gasteiger partial charge in [-0.1, -0.05) is 29.8 Å². The fraction of sp³-hybridized carbons (Fsp3) is 0.188. The molecule has 2 aromatic rings. The van der Waals surface area contributed by atoms with Crippen molar-refractivity contribution < 1.29 is 13.6 Å². The third-order valence-corrected chi connectivity index (χ3v) is 4.23. The van der Waals surface area contributed by atoms with Gasteiger partial charge < -0.3 is 5.32 Å². The zero-order valence-corrected chi connectivity index (χ0v) is 13.2. The van der Waals surface area contributed by atoms with E-state index in [0.717, 1.165) is 0 Å². The van der Waals surface area contributed by atoms with Crippen LogP contribution in [0, 0.1) is 11.6 Å². The number of benzene rings is 2. The molecule has 0 aromatic heterocycles. The van der Waals surface area contributed by atoms with Crippen LogP contribution in [0.15, 0.2) is 42.5 Å². The predicted octanol–water partition coefficient (Wildman–Crippen LogP) is 4.17. The number of hydrogen-bond acceptors (Lipinski definition) is 2. The van der Waals surface area contributed by atoms with Gasteiger partial charge in [-0.3, -0.25) is 4.79 Å². The number of rotatable bonds is 6. The average Bonchev–Trinajstić information content (AvgIpc) is 2.48. The second-order valence-corrected chi connectivity index (χ2v) is 5.99. The molecule has 0 radical (unpaired) electrons. The maximum absolute atomic E-state index is 13.5. The summed E-state index contributed by atoms with van der Waals surface area (Å²) >= 11 is 7.18. The van der Waals surface area contributed by atoms with Crippen molar-refractivity contribution >= 4 is 29.3 Å². The third-order valence-electron chi connectivity index (χ3n) is 2.92. The van der Waals surface area contributed by atoms with Gasteiger partial charge in [-0.05, 0) is 29.8 Å². The SMILES string of the molecule is O=C(CSCc1c(F)cccc1Cl)NCc1cccc(F)c1. The van der Waals surface area contributed by atoms with Crippen molar-refractivity contribution in [1.82, 2.24) is 5.32 Å². The summed E-state index contributed by atoms with van der Waals surface area (Å²) in [5.41, 5.74) is 1.09. The smallest absolute Gasteiger partial charge is 0.230 e. The van der Waals surface area contributed by atoms with E-state index in [2.05, 4.69) is 5.32 Å². The zero-order chi connectivity index (χ0) is 15.9. The van der Waals surface area contributed by atoms with Crippen LogP contribution in [0.1, 0.15) is 11.1 Å². The molecule has 6 heteroatoms. The van der Waals surface area contributed by atoms with Crippen LogP contribution in [-0.4, -0.2) is 11.7 Å². The Hall–Kier alpha value is -1.59. The highest BCUT2D eigenvalue weighted by molar-refractivity contribution is 7.99. The molecule has 0 bridgehead atoms. The molecule has 0 aliphatic carbocycles. The maximum atomic E-state index is 13.5. The molecular weight excluding hydrogens is 328 g/mol. The fourth-order valence-electron chi connectivity index (χ4n) is 1.81. The van der Waals surface area contributed by atoms with Crippen molar-refractivity contribution in [3.63, 3.8) is 0 Å². The monoisotopic (exact) mass is 341 g/mol. The molecule has 0 fully saturated rings. The standard InChI is InChI=1S/C16H14ClF2NOS/c17-14-5-2-6-15(19)13(14)9-22-10-16(21)20-8-11-3-1-4-12(18)7-11/h1-7H,8-10H2,(H,20,21). The van der Waals surface area contributed by atoms with Crippen LogP contribution < -0.4 is 5.32 Å². The lowest BCUT2D eigenvalue weighted by atomic mass is 10.2. The van der Waals surface area contributed by atoms with E-state index in [-0.39, 0.29) is 29.8 Å². The van der Waals surface area contributed by atoms with Crippen LogP contribution in [0.3, 0.4) is 0 Å². The Morgan fingerprint density at radius 1 is 1.18 bits per heavy atom. The summed E-state index contributed by atoms with van der Waals surface area (Å²) in [6.45, 7) is 0.262. The van der Waals surface area contributed by atoms with Crippen molar-refractivity contribution in [3.8, 4) is 0 Å². The molecule has 2 nitrogen and oxygen atoms in total. The van der Waals surface area contributed by atoms with E-state index < -0.39 is 0 Å². The molecule has 22 heavy (non-hydrogen) atoms. The number of hydrogen-bond donors (Lipinski definition) is 1. The number of carbonyl (C=O) groups excluding carboxylic acids is 1. The van der Waals surface area contributed by atoms with Gasteiger partial charge >= 0.3 is 0 Å². The van der Waals surface area contributed by atoms with Crippen LogP contribution in [0.5, 0.6) is 0 Å². The summed E-state index contributed by atoms with van der Waals surface area (Å²) in [6, 6.07) is 10.5. The fourth-order valence-corrected chi connectivity index (χ4v) is 3.01. The van der Waals surface area contributed by atoms with Crippen molar-refractivity contribution in [3.05, 3.63) is 70.2 Å². The van der Waals surface area contributed by atoms with Gasteiger partial charge in [0.2, 0.25) is 5.91 Å². The number of nitrogens with one attached hydrogen (secondary N) is 1. The molecule has 116 valence electrons. The van der Waals surface area contributed by atoms with Gasteiger partial charge in [0.15, 0.2) is 0 Å². The first kappa shape index (κ1) is 16.8. The number of amides is 1. The van der Waals surface area contributed by atoms with E-state index in [1.54, 1.807) is 18.2 Å². The summed E-state index contributed by atoms with van der Waals surface area (Å²) in [4.78, 5) is 11.7. The van der Waals surface area contributed by atoms with Crippen LogP contribution in [0.25, 0.3) is 0 Å². The average molecular weight is 342 g/mol. The van der Waals surface area contributed by atoms with Gasteiger partial charge in [0.1, 0.15) is 11.6 Å². The molecular formula is C16H14ClF2NOS. The van der Waals surface area contributed by atoms with Crippen LogP contribution >= 0.6 is 23.4 Å². The van der Waals surface area contributed by atoms with Crippen LogP contribution in [-0.2, 0) is 17.1 Å². The third kappa shape index (κ3) is 5.00. The first-order valence-corrected chi connectivity index (χ1v) is 8.11. The molecule has 2 rings (SSSR count). The van der Waals surface area contributed by atoms with Crippen molar-refractivity contribution in [2.75, 3.05) is 5.75 Å². The Morgan fingerprint density at radius 2 is 1.95 bits per heavy atom. The van der Waals surface area contributed by atoms with E-state index >= 15 is 0 Å². The van der Waals surface area contributed by atoms with Crippen molar-refractivity contribution in [2.24, 2.45) is 0 Å². The summed E-state index contributed by atoms with van der Waals surface area (Å²) in [6.07, 6.45) is 0. The summed E-state index contributed by atoms with van der Waals surface area (Å²) < 4.78 is 26.5. The van der Waals surface area contributed by atoms with E-state index in [4.69, 9.17) is 11.6 Å². The van der Waals surface area contributed by atoms with Gasteiger partial charge in [0.05, 0.1) is 5.75 Å². The molecule has 1 amide bonds. The normalized spacial score (nSPS) is 10.5. The van der Waals surface area contributed by atoms with Crippen LogP contribution in [0.4, 0.5) is 8.78 Å². The second kappa shape index (κ2) is 8.15. The Kier molecular flexibility index (Phi) is 6.21. The maximum Gasteiger partial charge on any atom is 0.230 e. The topological polar surface area (TPSA) is 29.1 Å². The first-order valence-electron chi connectivity index (χ1n) is 6.58. The molecule has 0 aliphatic heterocycles. The minimum absolute atomic E-state index is 0.181. The minimum Gasteiger partial charge on any atom is -0.351 e. The first-order chi connectivity index (χ1) is 10.6. The van der Waals surface area contributed by atoms with Gasteiger partial charge in [0, 0.05) is 22.9 Å². The summed E-state index contributed by atoms with van der Waals surface area (Å²) in [7, 11) is 0. The highest BCUT2D eigenvalue weighted by Gasteiger charge is 2.08. The molecule has 0 aliphatic rings. The van der Waals surface area contributed by atoms with Gasteiger partial charge in [0.25, 0.3) is 0 Å². The Balaban J connectivity index is 1.76. The Labute approximate surface area is 136 Å². The lowest BCUT2D eigenvalue weighted by Gasteiger charge is -2.07. The number of carbonyl (C=O) groups is 1. The van der Waals surface area contributed by atoms with E-state index in [9.17, 15) is 13.6 Å². The van der Waals surface area contributed by atoms with Gasteiger partial charge in [-0.2, -0.15) is 0 Å². The van der Waals surface area contributed by atoms with E-state index in [1.165, 1.54) is 36.0 Å². The highest BCUT2D eigenvalue weighted by atomic mass is 35.5. The quantitative estimate of drug-likeness (QED) is 0.854. The van der Waals surface area contributed by atoms with E-state index in [1.807, 2.05) is 0 Å². The zero-order valence-electron chi connectivity index (χ0n) is 11.6. The molecule has 1 N–H and O–H groups in total. The number of halogens is 3. The van der Waals surface area contributed by atoms with Crippen molar-refractivity contribution in [1.29, 1.82) is 0 Å². The Bertz CT molecular complexity index is 646. The number of thioether (sulfide) groups is 1. The Morgan fingerprint density at radius 3 is 2.68 bits per heavy atom. The molecule has 0 heterocycles. The predicted molar refractivity (Wildman–Crippen MR) is 85.8 cm³/mol. The molecule has 0 atom stereocenters. The molecule has 2 aromatic carbocycles. The summed E-state index contributed by atoms with van der Waals surface area (Å²) in [5, 5.41) is 3.04.